The third-order valence-corrected chi connectivity index (χ3v) is 4.72. The maximum atomic E-state index is 12.7. The minimum absolute atomic E-state index is 0.0420. The number of halogens is 1. The first kappa shape index (κ1) is 14.1. The summed E-state index contributed by atoms with van der Waals surface area (Å²) in [5.74, 6) is 0.822. The van der Waals surface area contributed by atoms with Crippen LogP contribution in [0.25, 0.3) is 0 Å². The Kier molecular flexibility index (Phi) is 3.29. The van der Waals surface area contributed by atoms with Gasteiger partial charge in [-0.25, -0.2) is 0 Å². The van der Waals surface area contributed by atoms with Crippen LogP contribution in [0, 0.1) is 0 Å². The topological polar surface area (TPSA) is 52.3 Å². The first-order valence-electron chi connectivity index (χ1n) is 6.76. The maximum Gasteiger partial charge on any atom is 0.194 e. The summed E-state index contributed by atoms with van der Waals surface area (Å²) in [6.07, 6.45) is 0. The van der Waals surface area contributed by atoms with Crippen molar-refractivity contribution in [2.75, 3.05) is 12.3 Å². The highest BCUT2D eigenvalue weighted by molar-refractivity contribution is 9.10. The van der Waals surface area contributed by atoms with Crippen LogP contribution in [0.3, 0.4) is 0 Å². The molecule has 1 aliphatic heterocycles. The smallest absolute Gasteiger partial charge is 0.194 e. The number of rotatable bonds is 2. The zero-order valence-electron chi connectivity index (χ0n) is 11.9. The van der Waals surface area contributed by atoms with E-state index in [0.717, 1.165) is 11.3 Å². The third kappa shape index (κ3) is 2.33. The van der Waals surface area contributed by atoms with Crippen molar-refractivity contribution in [3.05, 3.63) is 57.6 Å². The van der Waals surface area contributed by atoms with Crippen LogP contribution in [-0.4, -0.2) is 12.4 Å². The summed E-state index contributed by atoms with van der Waals surface area (Å²) in [5, 5.41) is 0. The van der Waals surface area contributed by atoms with Crippen LogP contribution >= 0.6 is 15.9 Å². The molecule has 0 unspecified atom stereocenters. The van der Waals surface area contributed by atoms with Crippen molar-refractivity contribution in [3.63, 3.8) is 0 Å². The van der Waals surface area contributed by atoms with Crippen LogP contribution in [-0.2, 0) is 5.41 Å². The summed E-state index contributed by atoms with van der Waals surface area (Å²) in [6.45, 7) is 4.87. The second kappa shape index (κ2) is 4.88. The molecule has 0 saturated heterocycles. The Morgan fingerprint density at radius 2 is 2.05 bits per heavy atom. The van der Waals surface area contributed by atoms with E-state index in [2.05, 4.69) is 29.8 Å². The molecule has 2 aromatic carbocycles. The number of benzene rings is 2. The fourth-order valence-corrected chi connectivity index (χ4v) is 2.99. The Morgan fingerprint density at radius 3 is 2.81 bits per heavy atom. The number of hydrogen-bond donors (Lipinski definition) is 1. The Morgan fingerprint density at radius 1 is 1.29 bits per heavy atom. The standard InChI is InChI=1S/C17H16BrNO2/c1-17(2)9-21-14-7-6-10(8-12(14)17)16(20)11-4-3-5-13(19)15(11)18/h3-8H,9,19H2,1-2H3. The Balaban J connectivity index is 2.06. The fraction of sp³-hybridized carbons (Fsp3) is 0.235. The van der Waals surface area contributed by atoms with E-state index in [-0.39, 0.29) is 11.2 Å². The fourth-order valence-electron chi connectivity index (χ4n) is 2.54. The lowest BCUT2D eigenvalue weighted by Crippen LogP contribution is -2.18. The van der Waals surface area contributed by atoms with Gasteiger partial charge in [0.05, 0.1) is 11.1 Å². The van der Waals surface area contributed by atoms with Gasteiger partial charge in [0.15, 0.2) is 5.78 Å². The van der Waals surface area contributed by atoms with E-state index in [1.165, 1.54) is 0 Å². The lowest BCUT2D eigenvalue weighted by Gasteiger charge is -2.15. The number of anilines is 1. The first-order chi connectivity index (χ1) is 9.90. The molecule has 21 heavy (non-hydrogen) atoms. The zero-order chi connectivity index (χ0) is 15.2. The van der Waals surface area contributed by atoms with Gasteiger partial charge in [-0.1, -0.05) is 19.9 Å². The minimum Gasteiger partial charge on any atom is -0.492 e. The summed E-state index contributed by atoms with van der Waals surface area (Å²) in [7, 11) is 0. The molecule has 2 aromatic rings. The quantitative estimate of drug-likeness (QED) is 0.662. The van der Waals surface area contributed by atoms with Gasteiger partial charge >= 0.3 is 0 Å². The van der Waals surface area contributed by atoms with Crippen LogP contribution < -0.4 is 10.5 Å². The highest BCUT2D eigenvalue weighted by atomic mass is 79.9. The van der Waals surface area contributed by atoms with Crippen molar-refractivity contribution in [2.45, 2.75) is 19.3 Å². The number of ketones is 1. The van der Waals surface area contributed by atoms with Gasteiger partial charge in [-0.2, -0.15) is 0 Å². The molecule has 0 atom stereocenters. The molecule has 0 aromatic heterocycles. The monoisotopic (exact) mass is 345 g/mol. The van der Waals surface area contributed by atoms with Crippen LogP contribution in [0.15, 0.2) is 40.9 Å². The highest BCUT2D eigenvalue weighted by Crippen LogP contribution is 2.39. The van der Waals surface area contributed by atoms with E-state index in [0.29, 0.717) is 27.9 Å². The Hall–Kier alpha value is -1.81. The third-order valence-electron chi connectivity index (χ3n) is 3.83. The first-order valence-corrected chi connectivity index (χ1v) is 7.55. The average molecular weight is 346 g/mol. The molecule has 0 spiro atoms. The SMILES string of the molecule is CC1(C)COc2ccc(C(=O)c3cccc(N)c3Br)cc21. The lowest BCUT2D eigenvalue weighted by molar-refractivity contribution is 0.103. The zero-order valence-corrected chi connectivity index (χ0v) is 13.5. The summed E-state index contributed by atoms with van der Waals surface area (Å²) < 4.78 is 6.30. The predicted octanol–water partition coefficient (Wildman–Crippen LogP) is 3.93. The molecule has 0 radical (unpaired) electrons. The summed E-state index contributed by atoms with van der Waals surface area (Å²) in [5.41, 5.74) is 8.64. The number of nitrogens with two attached hydrogens (primary N) is 1. The molecule has 2 N–H and O–H groups in total. The second-order valence-electron chi connectivity index (χ2n) is 5.92. The predicted molar refractivity (Wildman–Crippen MR) is 86.9 cm³/mol. The van der Waals surface area contributed by atoms with E-state index in [1.54, 1.807) is 24.3 Å². The van der Waals surface area contributed by atoms with Crippen molar-refractivity contribution >= 4 is 27.4 Å². The van der Waals surface area contributed by atoms with Crippen LogP contribution in [0.5, 0.6) is 5.75 Å². The molecule has 0 saturated carbocycles. The van der Waals surface area contributed by atoms with Gasteiger partial charge in [0.1, 0.15) is 5.75 Å². The molecule has 0 aliphatic carbocycles. The number of nitrogen functional groups attached to an aromatic ring is 1. The van der Waals surface area contributed by atoms with Crippen LogP contribution in [0.1, 0.15) is 35.3 Å². The van der Waals surface area contributed by atoms with Crippen LogP contribution in [0.4, 0.5) is 5.69 Å². The molecule has 108 valence electrons. The second-order valence-corrected chi connectivity index (χ2v) is 6.71. The van der Waals surface area contributed by atoms with E-state index >= 15 is 0 Å². The average Bonchev–Trinajstić information content (AvgIpc) is 2.76. The number of fused-ring (bicyclic) bond motifs is 1. The van der Waals surface area contributed by atoms with Crippen molar-refractivity contribution in [1.29, 1.82) is 0 Å². The molecule has 4 heteroatoms. The van der Waals surface area contributed by atoms with Gasteiger partial charge in [0.25, 0.3) is 0 Å². The van der Waals surface area contributed by atoms with E-state index in [9.17, 15) is 4.79 Å². The van der Waals surface area contributed by atoms with E-state index in [4.69, 9.17) is 10.5 Å². The highest BCUT2D eigenvalue weighted by Gasteiger charge is 2.32. The van der Waals surface area contributed by atoms with Crippen molar-refractivity contribution in [2.24, 2.45) is 0 Å². The molecule has 0 fully saturated rings. The molecule has 1 aliphatic rings. The molecular weight excluding hydrogens is 330 g/mol. The Labute approximate surface area is 132 Å². The number of carbonyl (C=O) groups is 1. The minimum atomic E-state index is -0.0709. The largest absolute Gasteiger partial charge is 0.492 e. The van der Waals surface area contributed by atoms with E-state index < -0.39 is 0 Å². The van der Waals surface area contributed by atoms with Gasteiger partial charge in [0, 0.05) is 27.8 Å². The Bertz CT molecular complexity index is 738. The molecular formula is C17H16BrNO2. The maximum absolute atomic E-state index is 12.7. The number of ether oxygens (including phenoxy) is 1. The van der Waals surface area contributed by atoms with E-state index in [1.807, 2.05) is 12.1 Å². The van der Waals surface area contributed by atoms with Crippen LogP contribution in [0.2, 0.25) is 0 Å². The molecule has 0 bridgehead atoms. The normalized spacial score (nSPS) is 15.4. The van der Waals surface area contributed by atoms with Gasteiger partial charge in [-0.05, 0) is 46.3 Å². The van der Waals surface area contributed by atoms with Gasteiger partial charge in [-0.15, -0.1) is 0 Å². The van der Waals surface area contributed by atoms with Crippen molar-refractivity contribution in [3.8, 4) is 5.75 Å². The molecule has 3 nitrogen and oxygen atoms in total. The summed E-state index contributed by atoms with van der Waals surface area (Å²) >= 11 is 3.39. The molecule has 3 rings (SSSR count). The lowest BCUT2D eigenvalue weighted by atomic mass is 9.85. The van der Waals surface area contributed by atoms with Gasteiger partial charge in [0.2, 0.25) is 0 Å². The summed E-state index contributed by atoms with van der Waals surface area (Å²) in [6, 6.07) is 10.9. The van der Waals surface area contributed by atoms with Crippen molar-refractivity contribution < 1.29 is 9.53 Å². The number of hydrogen-bond acceptors (Lipinski definition) is 3. The van der Waals surface area contributed by atoms with Gasteiger partial charge in [-0.3, -0.25) is 4.79 Å². The molecule has 1 heterocycles. The van der Waals surface area contributed by atoms with Crippen molar-refractivity contribution in [1.82, 2.24) is 0 Å². The summed E-state index contributed by atoms with van der Waals surface area (Å²) in [4.78, 5) is 12.7. The molecule has 0 amide bonds. The number of carbonyl (C=O) groups excluding carboxylic acids is 1. The van der Waals surface area contributed by atoms with Gasteiger partial charge < -0.3 is 10.5 Å².